The zero-order valence-electron chi connectivity index (χ0n) is 17.9. The summed E-state index contributed by atoms with van der Waals surface area (Å²) in [7, 11) is 7.54. The number of rotatable bonds is 7. The van der Waals surface area contributed by atoms with Crippen LogP contribution in [0.2, 0.25) is 0 Å². The minimum Gasteiger partial charge on any atom is -0.493 e. The summed E-state index contributed by atoms with van der Waals surface area (Å²) >= 11 is 0. The van der Waals surface area contributed by atoms with Crippen molar-refractivity contribution in [1.29, 1.82) is 0 Å². The van der Waals surface area contributed by atoms with Crippen LogP contribution in [-0.4, -0.2) is 36.7 Å². The first-order valence-corrected chi connectivity index (χ1v) is 9.27. The minimum atomic E-state index is -0.485. The maximum atomic E-state index is 12.2. The summed E-state index contributed by atoms with van der Waals surface area (Å²) < 4.78 is 24.1. The molecule has 0 saturated heterocycles. The van der Waals surface area contributed by atoms with E-state index in [0.717, 1.165) is 4.57 Å². The van der Waals surface area contributed by atoms with Gasteiger partial charge in [0.2, 0.25) is 11.6 Å². The summed E-state index contributed by atoms with van der Waals surface area (Å²) in [5.74, 6) is 1.99. The molecule has 0 amide bonds. The van der Waals surface area contributed by atoms with Gasteiger partial charge in [-0.05, 0) is 24.3 Å². The summed E-state index contributed by atoms with van der Waals surface area (Å²) in [6.45, 7) is 0. The molecule has 0 aliphatic rings. The van der Waals surface area contributed by atoms with Crippen LogP contribution in [0.25, 0.3) is 0 Å². The maximum absolute atomic E-state index is 12.2. The van der Waals surface area contributed by atoms with Gasteiger partial charge in [-0.15, -0.1) is 0 Å². The van der Waals surface area contributed by atoms with Gasteiger partial charge in [-0.2, -0.15) is 0 Å². The van der Waals surface area contributed by atoms with Crippen molar-refractivity contribution in [2.45, 2.75) is 0 Å². The second-order valence-electron chi connectivity index (χ2n) is 6.51. The highest BCUT2D eigenvalue weighted by Crippen LogP contribution is 2.38. The molecule has 0 atom stereocenters. The molecular formula is C22H23N3O6. The van der Waals surface area contributed by atoms with Crippen molar-refractivity contribution in [2.75, 3.05) is 21.3 Å². The Morgan fingerprint density at radius 3 is 2.10 bits per heavy atom. The van der Waals surface area contributed by atoms with E-state index in [9.17, 15) is 9.59 Å². The van der Waals surface area contributed by atoms with Gasteiger partial charge in [-0.25, -0.2) is 4.79 Å². The van der Waals surface area contributed by atoms with Crippen LogP contribution in [-0.2, 0) is 14.1 Å². The number of hydrogen-bond donors (Lipinski definition) is 0. The van der Waals surface area contributed by atoms with Crippen molar-refractivity contribution in [3.05, 3.63) is 68.9 Å². The van der Waals surface area contributed by atoms with Gasteiger partial charge in [-0.1, -0.05) is 12.1 Å². The Bertz CT molecular complexity index is 1220. The molecule has 162 valence electrons. The average Bonchev–Trinajstić information content (AvgIpc) is 2.79. The lowest BCUT2D eigenvalue weighted by atomic mass is 10.2. The van der Waals surface area contributed by atoms with Crippen molar-refractivity contribution in [3.63, 3.8) is 0 Å². The number of hydrogen-bond acceptors (Lipinski definition) is 7. The Hall–Kier alpha value is -4.01. The molecule has 1 aromatic heterocycles. The number of methoxy groups -OCH3 is 3. The molecule has 3 aromatic rings. The van der Waals surface area contributed by atoms with Crippen LogP contribution in [0, 0.1) is 0 Å². The van der Waals surface area contributed by atoms with Crippen LogP contribution < -0.4 is 30.2 Å². The Morgan fingerprint density at radius 1 is 0.839 bits per heavy atom. The lowest BCUT2D eigenvalue weighted by molar-refractivity contribution is 0.324. The van der Waals surface area contributed by atoms with E-state index >= 15 is 0 Å². The molecule has 2 aromatic carbocycles. The first-order chi connectivity index (χ1) is 14.9. The van der Waals surface area contributed by atoms with E-state index in [0.29, 0.717) is 34.2 Å². The fourth-order valence-corrected chi connectivity index (χ4v) is 2.89. The molecule has 0 aliphatic heterocycles. The quantitative estimate of drug-likeness (QED) is 0.541. The van der Waals surface area contributed by atoms with E-state index in [2.05, 4.69) is 4.99 Å². The van der Waals surface area contributed by atoms with Crippen LogP contribution in [0.1, 0.15) is 5.56 Å². The van der Waals surface area contributed by atoms with E-state index in [1.54, 1.807) is 42.6 Å². The third kappa shape index (κ3) is 4.45. The van der Waals surface area contributed by atoms with Crippen molar-refractivity contribution in [1.82, 2.24) is 9.13 Å². The number of aliphatic imine (C=N–C) groups is 1. The van der Waals surface area contributed by atoms with Gasteiger partial charge in [0.15, 0.2) is 17.2 Å². The van der Waals surface area contributed by atoms with Gasteiger partial charge < -0.3 is 18.9 Å². The van der Waals surface area contributed by atoms with E-state index in [1.165, 1.54) is 46.1 Å². The van der Waals surface area contributed by atoms with Gasteiger partial charge in [-0.3, -0.25) is 18.9 Å². The van der Waals surface area contributed by atoms with Crippen molar-refractivity contribution < 1.29 is 18.9 Å². The average molecular weight is 425 g/mol. The van der Waals surface area contributed by atoms with Crippen molar-refractivity contribution >= 4 is 11.9 Å². The Balaban J connectivity index is 1.98. The molecule has 0 unspecified atom stereocenters. The van der Waals surface area contributed by atoms with E-state index < -0.39 is 11.2 Å². The van der Waals surface area contributed by atoms with Crippen LogP contribution >= 0.6 is 0 Å². The Morgan fingerprint density at radius 2 is 1.48 bits per heavy atom. The van der Waals surface area contributed by atoms with Crippen molar-refractivity contribution in [2.24, 2.45) is 19.1 Å². The topological polar surface area (TPSA) is 93.3 Å². The number of nitrogens with zero attached hydrogens (tertiary/aromatic N) is 3. The van der Waals surface area contributed by atoms with Crippen LogP contribution in [0.5, 0.6) is 28.9 Å². The Labute approximate surface area is 178 Å². The third-order valence-electron chi connectivity index (χ3n) is 4.60. The van der Waals surface area contributed by atoms with Crippen LogP contribution in [0.15, 0.2) is 57.0 Å². The molecule has 0 saturated carbocycles. The second kappa shape index (κ2) is 9.21. The molecular weight excluding hydrogens is 402 g/mol. The largest absolute Gasteiger partial charge is 0.493 e. The molecule has 0 fully saturated rings. The molecule has 1 heterocycles. The number of aromatic nitrogens is 2. The predicted octanol–water partition coefficient (Wildman–Crippen LogP) is 2.65. The zero-order chi connectivity index (χ0) is 22.5. The number of ether oxygens (including phenoxy) is 4. The zero-order valence-corrected chi connectivity index (χ0v) is 17.9. The summed E-state index contributed by atoms with van der Waals surface area (Å²) in [5, 5.41) is 0. The monoisotopic (exact) mass is 425 g/mol. The summed E-state index contributed by atoms with van der Waals surface area (Å²) in [6.07, 6.45) is 1.62. The van der Waals surface area contributed by atoms with Gasteiger partial charge in [0, 0.05) is 25.9 Å². The lowest BCUT2D eigenvalue weighted by Crippen LogP contribution is -2.36. The molecule has 0 spiro atoms. The molecule has 0 N–H and O–H groups in total. The standard InChI is InChI=1S/C22H23N3O6/c1-24-19(26)12-20(25(2)22(24)27)31-16-9-7-6-8-15(16)23-13-14-10-17(28-3)21(30-5)18(11-14)29-4/h6-13H,1-5H3. The van der Waals surface area contributed by atoms with E-state index in [1.807, 2.05) is 0 Å². The highest BCUT2D eigenvalue weighted by Gasteiger charge is 2.13. The summed E-state index contributed by atoms with van der Waals surface area (Å²) in [6, 6.07) is 11.8. The van der Waals surface area contributed by atoms with E-state index in [4.69, 9.17) is 18.9 Å². The maximum Gasteiger partial charge on any atom is 0.333 e. The van der Waals surface area contributed by atoms with Gasteiger partial charge in [0.1, 0.15) is 5.69 Å². The van der Waals surface area contributed by atoms with Gasteiger partial charge in [0.25, 0.3) is 5.56 Å². The SMILES string of the molecule is COc1cc(C=Nc2ccccc2Oc2cc(=O)n(C)c(=O)n2C)cc(OC)c1OC. The fraction of sp³-hybridized carbons (Fsp3) is 0.227. The van der Waals surface area contributed by atoms with Crippen molar-refractivity contribution in [3.8, 4) is 28.9 Å². The normalized spacial score (nSPS) is 10.9. The van der Waals surface area contributed by atoms with E-state index in [-0.39, 0.29) is 5.88 Å². The lowest BCUT2D eigenvalue weighted by Gasteiger charge is -2.13. The summed E-state index contributed by atoms with van der Waals surface area (Å²) in [5.41, 5.74) is 0.270. The molecule has 0 radical (unpaired) electrons. The first-order valence-electron chi connectivity index (χ1n) is 9.27. The molecule has 9 heteroatoms. The van der Waals surface area contributed by atoms with Crippen LogP contribution in [0.3, 0.4) is 0 Å². The smallest absolute Gasteiger partial charge is 0.333 e. The number of benzene rings is 2. The Kier molecular flexibility index (Phi) is 6.44. The molecule has 0 aliphatic carbocycles. The van der Waals surface area contributed by atoms with Gasteiger partial charge in [0.05, 0.1) is 27.4 Å². The summed E-state index contributed by atoms with van der Waals surface area (Å²) in [4.78, 5) is 28.6. The molecule has 31 heavy (non-hydrogen) atoms. The van der Waals surface area contributed by atoms with Gasteiger partial charge >= 0.3 is 5.69 Å². The molecule has 0 bridgehead atoms. The highest BCUT2D eigenvalue weighted by molar-refractivity contribution is 5.85. The predicted molar refractivity (Wildman–Crippen MR) is 117 cm³/mol. The third-order valence-corrected chi connectivity index (χ3v) is 4.60. The second-order valence-corrected chi connectivity index (χ2v) is 6.51. The highest BCUT2D eigenvalue weighted by atomic mass is 16.5. The fourth-order valence-electron chi connectivity index (χ4n) is 2.89. The minimum absolute atomic E-state index is 0.114. The van der Waals surface area contributed by atoms with Crippen LogP contribution in [0.4, 0.5) is 5.69 Å². The first kappa shape index (κ1) is 21.7. The molecule has 3 rings (SSSR count). The number of para-hydroxylation sites is 2. The molecule has 9 nitrogen and oxygen atoms in total.